The molecule has 0 saturated heterocycles. The first-order valence-electron chi connectivity index (χ1n) is 5.47. The Balaban J connectivity index is 2.17. The summed E-state index contributed by atoms with van der Waals surface area (Å²) in [6.07, 6.45) is 5.12. The highest BCUT2D eigenvalue weighted by molar-refractivity contribution is 5.81. The van der Waals surface area contributed by atoms with Gasteiger partial charge < -0.3 is 5.11 Å². The first-order chi connectivity index (χ1) is 8.29. The number of aliphatic hydroxyl groups excluding tert-OH is 1. The van der Waals surface area contributed by atoms with Gasteiger partial charge >= 0.3 is 0 Å². The van der Waals surface area contributed by atoms with E-state index >= 15 is 0 Å². The quantitative estimate of drug-likeness (QED) is 0.541. The largest absolute Gasteiger partial charge is 0.506 e. The summed E-state index contributed by atoms with van der Waals surface area (Å²) < 4.78 is 3.98. The van der Waals surface area contributed by atoms with Gasteiger partial charge in [-0.05, 0) is 31.2 Å². The number of hydrogen-bond donors (Lipinski definition) is 1. The van der Waals surface area contributed by atoms with Crippen LogP contribution >= 0.6 is 0 Å². The molecule has 2 aromatic heterocycles. The number of rotatable bonds is 3. The SMILES string of the molecule is C=C/C=C(\C(O)=C/C)n1n2c3ccccc3n12. The second kappa shape index (κ2) is 3.31. The van der Waals surface area contributed by atoms with Crippen molar-refractivity contribution in [3.05, 3.63) is 54.8 Å². The summed E-state index contributed by atoms with van der Waals surface area (Å²) >= 11 is 0. The number of nitrogens with zero attached hydrogens (tertiary/aromatic N) is 3. The summed E-state index contributed by atoms with van der Waals surface area (Å²) in [6.45, 7) is 5.47. The lowest BCUT2D eigenvalue weighted by atomic mass is 10.3. The van der Waals surface area contributed by atoms with E-state index in [-0.39, 0.29) is 5.76 Å². The molecule has 17 heavy (non-hydrogen) atoms. The van der Waals surface area contributed by atoms with Crippen molar-refractivity contribution in [2.45, 2.75) is 6.92 Å². The average molecular weight is 227 g/mol. The van der Waals surface area contributed by atoms with Crippen molar-refractivity contribution in [3.8, 4) is 0 Å². The number of aliphatic hydroxyl groups is 1. The van der Waals surface area contributed by atoms with Gasteiger partial charge in [-0.2, -0.15) is 0 Å². The molecule has 0 bridgehead atoms. The van der Waals surface area contributed by atoms with Crippen LogP contribution in [0.1, 0.15) is 6.92 Å². The Morgan fingerprint density at radius 2 is 1.82 bits per heavy atom. The summed E-state index contributed by atoms with van der Waals surface area (Å²) in [4.78, 5) is 1.90. The Bertz CT molecular complexity index is 694. The highest BCUT2D eigenvalue weighted by Crippen LogP contribution is 2.27. The van der Waals surface area contributed by atoms with Crippen molar-refractivity contribution >= 4 is 16.7 Å². The summed E-state index contributed by atoms with van der Waals surface area (Å²) in [5.74, 6) is 0.241. The average Bonchev–Trinajstić information content (AvgIpc) is 3.00. The molecule has 0 spiro atoms. The summed E-state index contributed by atoms with van der Waals surface area (Å²) in [6, 6.07) is 8.09. The molecule has 1 aromatic carbocycles. The van der Waals surface area contributed by atoms with Crippen molar-refractivity contribution in [1.29, 1.82) is 0 Å². The lowest BCUT2D eigenvalue weighted by Crippen LogP contribution is -1.93. The highest BCUT2D eigenvalue weighted by atomic mass is 16.3. The van der Waals surface area contributed by atoms with Crippen LogP contribution in [0.2, 0.25) is 0 Å². The van der Waals surface area contributed by atoms with E-state index in [2.05, 4.69) is 6.58 Å². The van der Waals surface area contributed by atoms with Crippen LogP contribution in [0.25, 0.3) is 16.7 Å². The first kappa shape index (κ1) is 9.84. The maximum Gasteiger partial charge on any atom is 0.138 e. The van der Waals surface area contributed by atoms with Gasteiger partial charge in [-0.3, -0.25) is 0 Å². The minimum Gasteiger partial charge on any atom is -0.506 e. The maximum atomic E-state index is 9.85. The molecule has 0 aliphatic rings. The molecule has 0 fully saturated rings. The summed E-state index contributed by atoms with van der Waals surface area (Å²) in [7, 11) is 0. The van der Waals surface area contributed by atoms with E-state index in [9.17, 15) is 5.11 Å². The number of fused-ring (bicyclic) bond motifs is 4. The molecular formula is C13H13N3O. The van der Waals surface area contributed by atoms with Gasteiger partial charge in [0.05, 0.1) is 0 Å². The Morgan fingerprint density at radius 1 is 1.24 bits per heavy atom. The smallest absolute Gasteiger partial charge is 0.138 e. The molecule has 0 aliphatic carbocycles. The molecule has 4 heteroatoms. The van der Waals surface area contributed by atoms with Gasteiger partial charge in [0.1, 0.15) is 22.5 Å². The normalized spacial score (nSPS) is 14.2. The minimum absolute atomic E-state index is 0.241. The van der Waals surface area contributed by atoms with Gasteiger partial charge in [-0.1, -0.05) is 24.8 Å². The standard InChI is InChI=1S/C13H13N3O/c1-3-7-12(13(17)4-2)16-14-10-8-5-6-9-11(10)15(14)16/h3-9,17H,1H2,2H3/b12-7+,13-4+. The summed E-state index contributed by atoms with van der Waals surface area (Å²) in [5, 5.41) is 9.85. The Hall–Kier alpha value is -2.36. The van der Waals surface area contributed by atoms with Crippen LogP contribution < -0.4 is 0 Å². The third-order valence-electron chi connectivity index (χ3n) is 2.85. The van der Waals surface area contributed by atoms with Crippen molar-refractivity contribution in [1.82, 2.24) is 14.1 Å². The third-order valence-corrected chi connectivity index (χ3v) is 2.85. The van der Waals surface area contributed by atoms with Gasteiger partial charge in [0.15, 0.2) is 0 Å². The van der Waals surface area contributed by atoms with E-state index in [0.717, 1.165) is 16.7 Å². The minimum atomic E-state index is 0.241. The summed E-state index contributed by atoms with van der Waals surface area (Å²) in [5.41, 5.74) is 3.01. The predicted octanol–water partition coefficient (Wildman–Crippen LogP) is 2.92. The van der Waals surface area contributed by atoms with Gasteiger partial charge in [0.2, 0.25) is 0 Å². The molecule has 0 aliphatic heterocycles. The molecule has 3 rings (SSSR count). The number of aromatic nitrogens is 3. The number of para-hydroxylation sites is 2. The van der Waals surface area contributed by atoms with Crippen LogP contribution in [0, 0.1) is 0 Å². The van der Waals surface area contributed by atoms with Crippen LogP contribution in [0.5, 0.6) is 0 Å². The van der Waals surface area contributed by atoms with Crippen molar-refractivity contribution in [3.63, 3.8) is 0 Å². The van der Waals surface area contributed by atoms with Crippen molar-refractivity contribution in [2.24, 2.45) is 0 Å². The molecule has 0 saturated carbocycles. The number of hydrogen-bond acceptors (Lipinski definition) is 1. The van der Waals surface area contributed by atoms with Crippen LogP contribution in [0.3, 0.4) is 0 Å². The molecule has 0 amide bonds. The van der Waals surface area contributed by atoms with E-state index in [1.807, 2.05) is 38.3 Å². The molecular weight excluding hydrogens is 214 g/mol. The van der Waals surface area contributed by atoms with E-state index in [1.54, 1.807) is 25.2 Å². The Labute approximate surface area is 98.3 Å². The lowest BCUT2D eigenvalue weighted by molar-refractivity contribution is 0.431. The fraction of sp³-hybridized carbons (Fsp3) is 0.0769. The maximum absolute atomic E-state index is 9.85. The van der Waals surface area contributed by atoms with Crippen molar-refractivity contribution in [2.75, 3.05) is 0 Å². The fourth-order valence-corrected chi connectivity index (χ4v) is 2.01. The Morgan fingerprint density at radius 3 is 2.29 bits per heavy atom. The molecule has 86 valence electrons. The molecule has 4 nitrogen and oxygen atoms in total. The third kappa shape index (κ3) is 1.18. The molecule has 1 N–H and O–H groups in total. The van der Waals surface area contributed by atoms with Gasteiger partial charge in [-0.25, -0.2) is 0 Å². The van der Waals surface area contributed by atoms with E-state index in [1.165, 1.54) is 0 Å². The van der Waals surface area contributed by atoms with E-state index in [0.29, 0.717) is 0 Å². The van der Waals surface area contributed by atoms with E-state index in [4.69, 9.17) is 0 Å². The van der Waals surface area contributed by atoms with E-state index < -0.39 is 0 Å². The van der Waals surface area contributed by atoms with Crippen molar-refractivity contribution < 1.29 is 5.11 Å². The zero-order valence-corrected chi connectivity index (χ0v) is 9.54. The van der Waals surface area contributed by atoms with Gasteiger partial charge in [-0.15, -0.1) is 14.1 Å². The van der Waals surface area contributed by atoms with Crippen LogP contribution in [-0.2, 0) is 0 Å². The number of benzene rings is 1. The molecule has 0 radical (unpaired) electrons. The molecule has 0 atom stereocenters. The van der Waals surface area contributed by atoms with Crippen LogP contribution in [0.4, 0.5) is 0 Å². The number of allylic oxidation sites excluding steroid dienone is 4. The molecule has 2 heterocycles. The lowest BCUT2D eigenvalue weighted by Gasteiger charge is -1.97. The zero-order valence-electron chi connectivity index (χ0n) is 9.54. The second-order valence-corrected chi connectivity index (χ2v) is 3.82. The molecule has 0 unspecified atom stereocenters. The topological polar surface area (TPSA) is 34.0 Å². The van der Waals surface area contributed by atoms with Gasteiger partial charge in [0.25, 0.3) is 0 Å². The first-order valence-corrected chi connectivity index (χ1v) is 5.47. The fourth-order valence-electron chi connectivity index (χ4n) is 2.01. The highest BCUT2D eigenvalue weighted by Gasteiger charge is 2.25. The predicted molar refractivity (Wildman–Crippen MR) is 68.4 cm³/mol. The van der Waals surface area contributed by atoms with Gasteiger partial charge in [0, 0.05) is 0 Å². The Kier molecular flexibility index (Phi) is 1.92. The zero-order chi connectivity index (χ0) is 12.0. The molecule has 3 aromatic rings. The van der Waals surface area contributed by atoms with Crippen LogP contribution in [0.15, 0.2) is 54.8 Å². The monoisotopic (exact) mass is 227 g/mol. The van der Waals surface area contributed by atoms with Crippen LogP contribution in [-0.4, -0.2) is 19.2 Å². The second-order valence-electron chi connectivity index (χ2n) is 3.82.